The number of hydrogen-bond acceptors (Lipinski definition) is 5. The van der Waals surface area contributed by atoms with Crippen LogP contribution in [0.25, 0.3) is 0 Å². The van der Waals surface area contributed by atoms with E-state index in [4.69, 9.17) is 4.74 Å². The molecule has 1 fully saturated rings. The minimum atomic E-state index is 0. The van der Waals surface area contributed by atoms with Crippen molar-refractivity contribution in [2.24, 2.45) is 4.99 Å². The van der Waals surface area contributed by atoms with Gasteiger partial charge >= 0.3 is 0 Å². The summed E-state index contributed by atoms with van der Waals surface area (Å²) in [7, 11) is 1.65. The molecular formula is C18H32IN7O2. The van der Waals surface area contributed by atoms with Crippen molar-refractivity contribution in [3.63, 3.8) is 0 Å². The fraction of sp³-hybridized carbons (Fsp3) is 0.778. The van der Waals surface area contributed by atoms with Crippen molar-refractivity contribution in [1.82, 2.24) is 30.3 Å². The number of likely N-dealkylation sites (tertiary alicyclic amines) is 1. The molecule has 0 radical (unpaired) electrons. The van der Waals surface area contributed by atoms with E-state index < -0.39 is 0 Å². The maximum Gasteiger partial charge on any atom is 0.244 e. The molecule has 158 valence electrons. The number of nitrogens with zero attached hydrogens (tertiary/aromatic N) is 5. The number of fused-ring (bicyclic) bond motifs is 1. The predicted molar refractivity (Wildman–Crippen MR) is 118 cm³/mol. The second-order valence-corrected chi connectivity index (χ2v) is 7.08. The van der Waals surface area contributed by atoms with Crippen LogP contribution in [-0.2, 0) is 29.1 Å². The van der Waals surface area contributed by atoms with Crippen molar-refractivity contribution in [2.75, 3.05) is 33.3 Å². The first-order chi connectivity index (χ1) is 13.2. The van der Waals surface area contributed by atoms with E-state index >= 15 is 0 Å². The summed E-state index contributed by atoms with van der Waals surface area (Å²) in [5, 5.41) is 11.2. The van der Waals surface area contributed by atoms with E-state index in [1.54, 1.807) is 7.11 Å². The Morgan fingerprint density at radius 1 is 1.32 bits per heavy atom. The number of guanidine groups is 1. The Labute approximate surface area is 183 Å². The van der Waals surface area contributed by atoms with Gasteiger partial charge in [0.2, 0.25) is 5.91 Å². The number of carbonyl (C=O) groups excluding carboxylic acids is 1. The Balaban J connectivity index is 0.00000280. The normalized spacial score (nSPS) is 19.6. The lowest BCUT2D eigenvalue weighted by Crippen LogP contribution is -2.47. The van der Waals surface area contributed by atoms with Gasteiger partial charge in [-0.2, -0.15) is 5.10 Å². The molecular weight excluding hydrogens is 473 g/mol. The summed E-state index contributed by atoms with van der Waals surface area (Å²) in [6.45, 7) is 5.85. The van der Waals surface area contributed by atoms with Crippen LogP contribution >= 0.6 is 24.0 Å². The van der Waals surface area contributed by atoms with Crippen LogP contribution in [0.1, 0.15) is 44.3 Å². The first-order valence-electron chi connectivity index (χ1n) is 9.93. The lowest BCUT2D eigenvalue weighted by atomic mass is 10.1. The SMILES string of the molecule is CCNC(=NCC(=O)N1CCCCC1)NC1CCc2nc(COC)nn2C1.I. The van der Waals surface area contributed by atoms with Crippen LogP contribution < -0.4 is 10.6 Å². The van der Waals surface area contributed by atoms with Crippen LogP contribution in [0.2, 0.25) is 0 Å². The highest BCUT2D eigenvalue weighted by Gasteiger charge is 2.23. The Hall–Kier alpha value is -1.43. The fourth-order valence-electron chi connectivity index (χ4n) is 3.57. The number of carbonyl (C=O) groups is 1. The first kappa shape index (κ1) is 22.9. The smallest absolute Gasteiger partial charge is 0.244 e. The zero-order valence-corrected chi connectivity index (χ0v) is 19.1. The molecule has 2 N–H and O–H groups in total. The van der Waals surface area contributed by atoms with Gasteiger partial charge in [0.25, 0.3) is 0 Å². The summed E-state index contributed by atoms with van der Waals surface area (Å²) in [6.07, 6.45) is 5.23. The quantitative estimate of drug-likeness (QED) is 0.339. The number of amides is 1. The van der Waals surface area contributed by atoms with Gasteiger partial charge in [-0.3, -0.25) is 4.79 Å². The molecule has 9 nitrogen and oxygen atoms in total. The Kier molecular flexibility index (Phi) is 9.42. The standard InChI is InChI=1S/C18H31N7O2.HI/c1-3-19-18(20-11-17(26)24-9-5-4-6-10-24)21-14-7-8-16-22-15(13-27-2)23-25(16)12-14;/h14H,3-13H2,1-2H3,(H2,19,20,21);1H. The number of halogens is 1. The van der Waals surface area contributed by atoms with E-state index in [9.17, 15) is 4.79 Å². The molecule has 1 atom stereocenters. The van der Waals surface area contributed by atoms with Crippen molar-refractivity contribution < 1.29 is 9.53 Å². The zero-order valence-electron chi connectivity index (χ0n) is 16.8. The number of rotatable bonds is 6. The van der Waals surface area contributed by atoms with Gasteiger partial charge in [0.1, 0.15) is 19.0 Å². The molecule has 0 aromatic carbocycles. The first-order valence-corrected chi connectivity index (χ1v) is 9.93. The minimum Gasteiger partial charge on any atom is -0.377 e. The molecule has 0 spiro atoms. The minimum absolute atomic E-state index is 0. The van der Waals surface area contributed by atoms with E-state index in [-0.39, 0.29) is 42.5 Å². The second-order valence-electron chi connectivity index (χ2n) is 7.08. The third kappa shape index (κ3) is 6.29. The van der Waals surface area contributed by atoms with Gasteiger partial charge in [-0.15, -0.1) is 24.0 Å². The molecule has 1 aromatic heterocycles. The van der Waals surface area contributed by atoms with Crippen LogP contribution in [0.5, 0.6) is 0 Å². The molecule has 0 saturated carbocycles. The summed E-state index contributed by atoms with van der Waals surface area (Å²) in [5.74, 6) is 2.52. The topological polar surface area (TPSA) is 96.7 Å². The van der Waals surface area contributed by atoms with Crippen molar-refractivity contribution in [3.8, 4) is 0 Å². The maximum atomic E-state index is 12.4. The van der Waals surface area contributed by atoms with Crippen molar-refractivity contribution in [1.29, 1.82) is 0 Å². The summed E-state index contributed by atoms with van der Waals surface area (Å²) in [5.41, 5.74) is 0. The van der Waals surface area contributed by atoms with Crippen LogP contribution in [0.4, 0.5) is 0 Å². The van der Waals surface area contributed by atoms with E-state index in [1.165, 1.54) is 6.42 Å². The molecule has 3 heterocycles. The number of piperidine rings is 1. The molecule has 0 aliphatic carbocycles. The summed E-state index contributed by atoms with van der Waals surface area (Å²) >= 11 is 0. The van der Waals surface area contributed by atoms with Gasteiger partial charge < -0.3 is 20.3 Å². The third-order valence-electron chi connectivity index (χ3n) is 4.94. The largest absolute Gasteiger partial charge is 0.377 e. The molecule has 0 bridgehead atoms. The number of aryl methyl sites for hydroxylation is 1. The lowest BCUT2D eigenvalue weighted by molar-refractivity contribution is -0.130. The van der Waals surface area contributed by atoms with Crippen LogP contribution in [-0.4, -0.2) is 70.9 Å². The van der Waals surface area contributed by atoms with E-state index in [2.05, 4.69) is 25.7 Å². The van der Waals surface area contributed by atoms with Crippen molar-refractivity contribution in [2.45, 2.75) is 58.2 Å². The Morgan fingerprint density at radius 3 is 2.82 bits per heavy atom. The Morgan fingerprint density at radius 2 is 2.11 bits per heavy atom. The second kappa shape index (κ2) is 11.5. The third-order valence-corrected chi connectivity index (χ3v) is 4.94. The highest BCUT2D eigenvalue weighted by molar-refractivity contribution is 14.0. The van der Waals surface area contributed by atoms with Gasteiger partial charge in [-0.25, -0.2) is 14.7 Å². The van der Waals surface area contributed by atoms with Gasteiger partial charge in [-0.05, 0) is 32.6 Å². The molecule has 10 heteroatoms. The van der Waals surface area contributed by atoms with Gasteiger partial charge in [-0.1, -0.05) is 0 Å². The fourth-order valence-corrected chi connectivity index (χ4v) is 3.57. The van der Waals surface area contributed by atoms with Crippen LogP contribution in [0, 0.1) is 0 Å². The number of aliphatic imine (C=N–C) groups is 1. The molecule has 2 aliphatic rings. The van der Waals surface area contributed by atoms with Gasteiger partial charge in [0.05, 0.1) is 6.54 Å². The predicted octanol–water partition coefficient (Wildman–Crippen LogP) is 0.925. The molecule has 1 unspecified atom stereocenters. The summed E-state index contributed by atoms with van der Waals surface area (Å²) < 4.78 is 7.06. The summed E-state index contributed by atoms with van der Waals surface area (Å²) in [6, 6.07) is 0.206. The van der Waals surface area contributed by atoms with E-state index in [0.29, 0.717) is 12.6 Å². The lowest BCUT2D eigenvalue weighted by Gasteiger charge is -2.27. The number of nitrogens with one attached hydrogen (secondary N) is 2. The van der Waals surface area contributed by atoms with Gasteiger partial charge in [0, 0.05) is 39.2 Å². The number of ether oxygens (including phenoxy) is 1. The van der Waals surface area contributed by atoms with Crippen molar-refractivity contribution in [3.05, 3.63) is 11.6 Å². The van der Waals surface area contributed by atoms with Gasteiger partial charge in [0.15, 0.2) is 11.8 Å². The average Bonchev–Trinajstić information content (AvgIpc) is 3.08. The monoisotopic (exact) mass is 505 g/mol. The molecule has 28 heavy (non-hydrogen) atoms. The number of hydrogen-bond donors (Lipinski definition) is 2. The van der Waals surface area contributed by atoms with Crippen LogP contribution in [0.3, 0.4) is 0 Å². The average molecular weight is 505 g/mol. The molecule has 2 aliphatic heterocycles. The number of methoxy groups -OCH3 is 1. The Bertz CT molecular complexity index is 658. The zero-order chi connectivity index (χ0) is 19.1. The summed E-state index contributed by atoms with van der Waals surface area (Å²) in [4.78, 5) is 23.3. The molecule has 1 amide bonds. The molecule has 1 saturated heterocycles. The van der Waals surface area contributed by atoms with Crippen LogP contribution in [0.15, 0.2) is 4.99 Å². The van der Waals surface area contributed by atoms with E-state index in [1.807, 2.05) is 16.5 Å². The van der Waals surface area contributed by atoms with Crippen molar-refractivity contribution >= 4 is 35.8 Å². The molecule has 3 rings (SSSR count). The highest BCUT2D eigenvalue weighted by atomic mass is 127. The molecule has 1 aromatic rings. The van der Waals surface area contributed by atoms with E-state index in [0.717, 1.165) is 63.5 Å². The maximum absolute atomic E-state index is 12.4. The number of aromatic nitrogens is 3. The highest BCUT2D eigenvalue weighted by Crippen LogP contribution is 2.13.